The summed E-state index contributed by atoms with van der Waals surface area (Å²) in [6, 6.07) is 10.4. The van der Waals surface area contributed by atoms with E-state index in [0.717, 1.165) is 50.9 Å². The van der Waals surface area contributed by atoms with E-state index in [0.29, 0.717) is 18.0 Å². The van der Waals surface area contributed by atoms with Gasteiger partial charge in [0.2, 0.25) is 5.91 Å². The fraction of sp³-hybridized carbons (Fsp3) is 0.500. The van der Waals surface area contributed by atoms with Crippen molar-refractivity contribution in [3.05, 3.63) is 52.0 Å². The van der Waals surface area contributed by atoms with Crippen molar-refractivity contribution in [2.75, 3.05) is 26.2 Å². The van der Waals surface area contributed by atoms with E-state index >= 15 is 0 Å². The van der Waals surface area contributed by atoms with Gasteiger partial charge < -0.3 is 9.80 Å². The van der Waals surface area contributed by atoms with Crippen LogP contribution < -0.4 is 0 Å². The Bertz CT molecular complexity index is 850. The minimum atomic E-state index is -0.376. The molecule has 2 amide bonds. The van der Waals surface area contributed by atoms with Gasteiger partial charge in [-0.1, -0.05) is 30.3 Å². The SMILES string of the molecule is Cc1ncsc1C(=O)N1CCC2(CCCN(CCCc3ccccc3)C2=O)C1. The zero-order valence-corrected chi connectivity index (χ0v) is 17.2. The molecule has 1 aromatic carbocycles. The second-order valence-corrected chi connectivity index (χ2v) is 8.86. The maximum absolute atomic E-state index is 13.3. The topological polar surface area (TPSA) is 53.5 Å². The van der Waals surface area contributed by atoms with Gasteiger partial charge in [-0.15, -0.1) is 11.3 Å². The van der Waals surface area contributed by atoms with Crippen LogP contribution in [0.3, 0.4) is 0 Å². The lowest BCUT2D eigenvalue weighted by Crippen LogP contribution is -2.50. The highest BCUT2D eigenvalue weighted by atomic mass is 32.1. The van der Waals surface area contributed by atoms with Crippen LogP contribution >= 0.6 is 11.3 Å². The predicted octanol–water partition coefficient (Wildman–Crippen LogP) is 3.54. The van der Waals surface area contributed by atoms with Gasteiger partial charge in [-0.25, -0.2) is 4.98 Å². The Morgan fingerprint density at radius 1 is 1.21 bits per heavy atom. The molecule has 1 atom stereocenters. The number of hydrogen-bond donors (Lipinski definition) is 0. The molecule has 5 nitrogen and oxygen atoms in total. The number of amides is 2. The summed E-state index contributed by atoms with van der Waals surface area (Å²) in [5.41, 5.74) is 3.45. The van der Waals surface area contributed by atoms with Crippen molar-refractivity contribution in [3.63, 3.8) is 0 Å². The molecule has 1 unspecified atom stereocenters. The fourth-order valence-corrected chi connectivity index (χ4v) is 5.33. The molecular formula is C22H27N3O2S. The predicted molar refractivity (Wildman–Crippen MR) is 110 cm³/mol. The second-order valence-electron chi connectivity index (χ2n) is 8.01. The summed E-state index contributed by atoms with van der Waals surface area (Å²) in [5.74, 6) is 0.286. The molecule has 2 fully saturated rings. The number of carbonyl (C=O) groups is 2. The van der Waals surface area contributed by atoms with Crippen molar-refractivity contribution in [3.8, 4) is 0 Å². The molecule has 2 aromatic rings. The van der Waals surface area contributed by atoms with Crippen LogP contribution in [-0.2, 0) is 11.2 Å². The normalized spacial score (nSPS) is 22.2. The highest BCUT2D eigenvalue weighted by Crippen LogP contribution is 2.40. The van der Waals surface area contributed by atoms with E-state index in [9.17, 15) is 9.59 Å². The fourth-order valence-electron chi connectivity index (χ4n) is 4.56. The summed E-state index contributed by atoms with van der Waals surface area (Å²) in [5, 5.41) is 0. The number of aryl methyl sites for hydroxylation is 2. The molecule has 148 valence electrons. The monoisotopic (exact) mass is 397 g/mol. The zero-order chi connectivity index (χ0) is 19.6. The number of rotatable bonds is 5. The summed E-state index contributed by atoms with van der Waals surface area (Å²) in [6.45, 7) is 4.74. The molecule has 4 rings (SSSR count). The largest absolute Gasteiger partial charge is 0.342 e. The molecule has 1 aromatic heterocycles. The molecular weight excluding hydrogens is 370 g/mol. The van der Waals surface area contributed by atoms with Crippen LogP contribution in [0.1, 0.15) is 46.6 Å². The Morgan fingerprint density at radius 2 is 2.04 bits per heavy atom. The number of aromatic nitrogens is 1. The standard InChI is InChI=1S/C22H27N3O2S/c1-17-19(28-16-23-17)20(26)25-14-11-22(15-25)10-6-13-24(21(22)27)12-5-9-18-7-3-2-4-8-18/h2-4,7-8,16H,5-6,9-15H2,1H3. The molecule has 0 radical (unpaired) electrons. The lowest BCUT2D eigenvalue weighted by molar-refractivity contribution is -0.145. The summed E-state index contributed by atoms with van der Waals surface area (Å²) < 4.78 is 0. The minimum absolute atomic E-state index is 0.0332. The van der Waals surface area contributed by atoms with Gasteiger partial charge in [0.25, 0.3) is 5.91 Å². The van der Waals surface area contributed by atoms with Gasteiger partial charge >= 0.3 is 0 Å². The van der Waals surface area contributed by atoms with Crippen molar-refractivity contribution >= 4 is 23.2 Å². The minimum Gasteiger partial charge on any atom is -0.342 e. The van der Waals surface area contributed by atoms with Crippen LogP contribution in [0.25, 0.3) is 0 Å². The number of nitrogens with zero attached hydrogens (tertiary/aromatic N) is 3. The van der Waals surface area contributed by atoms with E-state index in [-0.39, 0.29) is 17.2 Å². The van der Waals surface area contributed by atoms with Gasteiger partial charge in [0, 0.05) is 26.2 Å². The van der Waals surface area contributed by atoms with E-state index < -0.39 is 0 Å². The number of carbonyl (C=O) groups excluding carboxylic acids is 2. The van der Waals surface area contributed by atoms with Gasteiger partial charge in [0.15, 0.2) is 0 Å². The molecule has 0 bridgehead atoms. The summed E-state index contributed by atoms with van der Waals surface area (Å²) >= 11 is 1.39. The van der Waals surface area contributed by atoms with Crippen molar-refractivity contribution in [1.29, 1.82) is 0 Å². The third-order valence-corrected chi connectivity index (χ3v) is 7.06. The molecule has 2 aliphatic heterocycles. The first-order chi connectivity index (χ1) is 13.6. The average Bonchev–Trinajstić information content (AvgIpc) is 3.33. The number of hydrogen-bond acceptors (Lipinski definition) is 4. The molecule has 2 aliphatic rings. The Balaban J connectivity index is 1.37. The first kappa shape index (κ1) is 19.1. The average molecular weight is 398 g/mol. The van der Waals surface area contributed by atoms with Crippen LogP contribution in [0.5, 0.6) is 0 Å². The smallest absolute Gasteiger partial charge is 0.265 e. The second kappa shape index (κ2) is 8.03. The molecule has 0 aliphatic carbocycles. The molecule has 1 spiro atoms. The van der Waals surface area contributed by atoms with Crippen molar-refractivity contribution in [1.82, 2.24) is 14.8 Å². The van der Waals surface area contributed by atoms with Gasteiger partial charge in [0.1, 0.15) is 4.88 Å². The lowest BCUT2D eigenvalue weighted by Gasteiger charge is -2.39. The van der Waals surface area contributed by atoms with Crippen LogP contribution in [0, 0.1) is 12.3 Å². The zero-order valence-electron chi connectivity index (χ0n) is 16.4. The molecule has 0 saturated carbocycles. The van der Waals surface area contributed by atoms with Crippen LogP contribution in [0.2, 0.25) is 0 Å². The summed E-state index contributed by atoms with van der Waals surface area (Å²) in [7, 11) is 0. The van der Waals surface area contributed by atoms with Crippen molar-refractivity contribution in [2.24, 2.45) is 5.41 Å². The first-order valence-corrected chi connectivity index (χ1v) is 11.0. The number of thiazole rings is 1. The Labute approximate surface area is 170 Å². The van der Waals surface area contributed by atoms with Crippen molar-refractivity contribution < 1.29 is 9.59 Å². The van der Waals surface area contributed by atoms with E-state index in [2.05, 4.69) is 29.2 Å². The third kappa shape index (κ3) is 3.70. The van der Waals surface area contributed by atoms with E-state index in [4.69, 9.17) is 0 Å². The van der Waals surface area contributed by atoms with Gasteiger partial charge in [-0.2, -0.15) is 0 Å². The van der Waals surface area contributed by atoms with Crippen molar-refractivity contribution in [2.45, 2.75) is 39.0 Å². The Hall–Kier alpha value is -2.21. The molecule has 28 heavy (non-hydrogen) atoms. The van der Waals surface area contributed by atoms with Crippen LogP contribution in [0.15, 0.2) is 35.8 Å². The van der Waals surface area contributed by atoms with Crippen LogP contribution in [0.4, 0.5) is 0 Å². The number of benzene rings is 1. The quantitative estimate of drug-likeness (QED) is 0.775. The first-order valence-electron chi connectivity index (χ1n) is 10.1. The summed E-state index contributed by atoms with van der Waals surface area (Å²) in [4.78, 5) is 34.9. The maximum Gasteiger partial charge on any atom is 0.265 e. The molecule has 0 N–H and O–H groups in total. The summed E-state index contributed by atoms with van der Waals surface area (Å²) in [6.07, 6.45) is 4.68. The third-order valence-electron chi connectivity index (χ3n) is 6.14. The van der Waals surface area contributed by atoms with Crippen LogP contribution in [-0.4, -0.2) is 52.8 Å². The van der Waals surface area contributed by atoms with Gasteiger partial charge in [-0.3, -0.25) is 9.59 Å². The Kier molecular flexibility index (Phi) is 5.49. The van der Waals surface area contributed by atoms with E-state index in [1.807, 2.05) is 22.8 Å². The highest BCUT2D eigenvalue weighted by molar-refractivity contribution is 7.11. The van der Waals surface area contributed by atoms with E-state index in [1.54, 1.807) is 5.51 Å². The molecule has 6 heteroatoms. The molecule has 3 heterocycles. The highest BCUT2D eigenvalue weighted by Gasteiger charge is 2.49. The molecule has 2 saturated heterocycles. The van der Waals surface area contributed by atoms with Gasteiger partial charge in [0.05, 0.1) is 16.6 Å². The van der Waals surface area contributed by atoms with E-state index in [1.165, 1.54) is 16.9 Å². The number of piperidine rings is 1. The maximum atomic E-state index is 13.3. The van der Waals surface area contributed by atoms with Gasteiger partial charge in [-0.05, 0) is 44.6 Å². The Morgan fingerprint density at radius 3 is 2.79 bits per heavy atom. The number of likely N-dealkylation sites (tertiary alicyclic amines) is 2. The lowest BCUT2D eigenvalue weighted by atomic mass is 9.78.